The molecule has 0 unspecified atom stereocenters. The van der Waals surface area contributed by atoms with Crippen molar-refractivity contribution in [3.63, 3.8) is 0 Å². The van der Waals surface area contributed by atoms with Crippen molar-refractivity contribution in [2.75, 3.05) is 19.6 Å². The predicted molar refractivity (Wildman–Crippen MR) is 46.5 cm³/mol. The second kappa shape index (κ2) is 16.6. The van der Waals surface area contributed by atoms with Crippen LogP contribution in [0.3, 0.4) is 0 Å². The van der Waals surface area contributed by atoms with Crippen molar-refractivity contribution >= 4 is 25.4 Å². The zero-order chi connectivity index (χ0) is 7.70. The van der Waals surface area contributed by atoms with Crippen LogP contribution in [0.4, 0.5) is 0 Å². The monoisotopic (exact) mass is 199 g/mol. The summed E-state index contributed by atoms with van der Waals surface area (Å²) in [4.78, 5) is 2.38. The third-order valence-corrected chi connectivity index (χ3v) is 1.34. The Balaban J connectivity index is -0.000000149. The molecule has 0 aliphatic heterocycles. The summed E-state index contributed by atoms with van der Waals surface area (Å²) in [5, 5.41) is 0. The molecule has 0 rings (SSSR count). The minimum atomic E-state index is 0. The molecule has 1 nitrogen and oxygen atoms in total. The minimum Gasteiger partial charge on any atom is -1.00 e. The van der Waals surface area contributed by atoms with Gasteiger partial charge < -0.3 is 17.3 Å². The minimum absolute atomic E-state index is 0. The zero-order valence-corrected chi connectivity index (χ0v) is 9.96. The van der Waals surface area contributed by atoms with E-state index in [1.165, 1.54) is 35.0 Å². The molecule has 10 heavy (non-hydrogen) atoms. The largest absolute Gasteiger partial charge is 1.00 e. The molecule has 0 atom stereocenters. The van der Waals surface area contributed by atoms with Crippen molar-refractivity contribution in [3.8, 4) is 0 Å². The first-order valence-corrected chi connectivity index (χ1v) is 5.48. The average molecular weight is 200 g/mol. The zero-order valence-electron chi connectivity index (χ0n) is 7.03. The van der Waals surface area contributed by atoms with Crippen molar-refractivity contribution in [3.05, 3.63) is 0 Å². The normalized spacial score (nSPS) is 7.60. The maximum absolute atomic E-state index is 4.67. The molecule has 0 aromatic heterocycles. The van der Waals surface area contributed by atoms with E-state index < -0.39 is 0 Å². The van der Waals surface area contributed by atoms with Gasteiger partial charge in [-0.25, -0.2) is 0 Å². The molecule has 0 bridgehead atoms. The molecule has 0 saturated carbocycles. The van der Waals surface area contributed by atoms with Crippen molar-refractivity contribution in [1.29, 1.82) is 0 Å². The SMILES string of the molecule is CCN(CC)CC.[AlH+][Cl].[Cl-]. The first-order chi connectivity index (χ1) is 4.35. The fourth-order valence-corrected chi connectivity index (χ4v) is 0.671. The molecule has 0 amide bonds. The Morgan fingerprint density at radius 3 is 1.20 bits per heavy atom. The van der Waals surface area contributed by atoms with E-state index in [-0.39, 0.29) is 12.4 Å². The Morgan fingerprint density at radius 2 is 1.20 bits per heavy atom. The Labute approximate surface area is 83.2 Å². The van der Waals surface area contributed by atoms with Crippen LogP contribution >= 0.6 is 10.0 Å². The van der Waals surface area contributed by atoms with Gasteiger partial charge in [0.05, 0.1) is 0 Å². The van der Waals surface area contributed by atoms with Crippen molar-refractivity contribution < 1.29 is 12.4 Å². The van der Waals surface area contributed by atoms with Gasteiger partial charge in [-0.1, -0.05) is 20.8 Å². The van der Waals surface area contributed by atoms with Crippen LogP contribution in [0, 0.1) is 0 Å². The fourth-order valence-electron chi connectivity index (χ4n) is 0.671. The maximum atomic E-state index is 4.67. The van der Waals surface area contributed by atoms with E-state index in [0.29, 0.717) is 0 Å². The van der Waals surface area contributed by atoms with Crippen LogP contribution in [0.1, 0.15) is 20.8 Å². The summed E-state index contributed by atoms with van der Waals surface area (Å²) in [5.74, 6) is 0. The summed E-state index contributed by atoms with van der Waals surface area (Å²) >= 11 is 1.33. The van der Waals surface area contributed by atoms with Gasteiger partial charge in [0, 0.05) is 0 Å². The summed E-state index contributed by atoms with van der Waals surface area (Å²) in [7, 11) is 4.67. The first kappa shape index (κ1) is 17.2. The molecule has 0 radical (unpaired) electrons. The van der Waals surface area contributed by atoms with E-state index in [2.05, 4.69) is 35.7 Å². The van der Waals surface area contributed by atoms with Gasteiger partial charge in [-0.15, -0.1) is 0 Å². The van der Waals surface area contributed by atoms with E-state index in [1.54, 1.807) is 0 Å². The van der Waals surface area contributed by atoms with E-state index in [1.807, 2.05) is 0 Å². The van der Waals surface area contributed by atoms with Crippen LogP contribution in [0.25, 0.3) is 0 Å². The van der Waals surface area contributed by atoms with Gasteiger partial charge in [0.1, 0.15) is 0 Å². The topological polar surface area (TPSA) is 3.24 Å². The fraction of sp³-hybridized carbons (Fsp3) is 1.00. The van der Waals surface area contributed by atoms with Crippen molar-refractivity contribution in [2.24, 2.45) is 0 Å². The molecule has 0 fully saturated rings. The molecule has 62 valence electrons. The second-order valence-corrected chi connectivity index (χ2v) is 1.62. The molecule has 0 aliphatic rings. The smallest absolute Gasteiger partial charge is 1.00 e. The summed E-state index contributed by atoms with van der Waals surface area (Å²) < 4.78 is 0. The van der Waals surface area contributed by atoms with E-state index in [4.69, 9.17) is 0 Å². The molecular weight excluding hydrogens is 184 g/mol. The van der Waals surface area contributed by atoms with Gasteiger partial charge in [0.25, 0.3) is 0 Å². The number of halogens is 2. The van der Waals surface area contributed by atoms with E-state index >= 15 is 0 Å². The third kappa shape index (κ3) is 11.8. The molecule has 0 aromatic carbocycles. The van der Waals surface area contributed by atoms with Crippen LogP contribution in [0.15, 0.2) is 0 Å². The summed E-state index contributed by atoms with van der Waals surface area (Å²) in [5.41, 5.74) is 0. The molecule has 0 saturated heterocycles. The van der Waals surface area contributed by atoms with E-state index in [9.17, 15) is 0 Å². The molecule has 0 N–H and O–H groups in total. The third-order valence-electron chi connectivity index (χ3n) is 1.34. The summed E-state index contributed by atoms with van der Waals surface area (Å²) in [6.45, 7) is 10.1. The van der Waals surface area contributed by atoms with Crippen LogP contribution in [0.2, 0.25) is 0 Å². The molecule has 0 heterocycles. The standard InChI is InChI=1S/C6H15N.Al.2ClH.H/c1-4-7(5-2)6-3;;;;/h4-6H2,1-3H3;;2*1H;/q;+2;;;/p-2. The number of hydrogen-bond donors (Lipinski definition) is 0. The Bertz CT molecular complexity index is 37.2. The number of nitrogens with zero attached hydrogens (tertiary/aromatic N) is 1. The summed E-state index contributed by atoms with van der Waals surface area (Å²) in [6, 6.07) is 0. The van der Waals surface area contributed by atoms with Crippen molar-refractivity contribution in [1.82, 2.24) is 4.90 Å². The molecule has 0 aromatic rings. The number of rotatable bonds is 3. The predicted octanol–water partition coefficient (Wildman–Crippen LogP) is -1.61. The van der Waals surface area contributed by atoms with Crippen LogP contribution in [-0.2, 0) is 0 Å². The average Bonchev–Trinajstić information content (AvgIpc) is 1.96. The Hall–Kier alpha value is 1.07. The number of hydrogen-bond acceptors (Lipinski definition) is 1. The Morgan fingerprint density at radius 1 is 1.00 bits per heavy atom. The molecule has 0 spiro atoms. The van der Waals surface area contributed by atoms with Crippen LogP contribution in [-0.4, -0.2) is 39.9 Å². The van der Waals surface area contributed by atoms with E-state index in [0.717, 1.165) is 0 Å². The van der Waals surface area contributed by atoms with Gasteiger partial charge in [0.2, 0.25) is 0 Å². The van der Waals surface area contributed by atoms with Crippen LogP contribution < -0.4 is 12.4 Å². The quantitative estimate of drug-likeness (QED) is 0.495. The van der Waals surface area contributed by atoms with Crippen LogP contribution in [0.5, 0.6) is 0 Å². The van der Waals surface area contributed by atoms with Gasteiger partial charge in [-0.05, 0) is 19.6 Å². The van der Waals surface area contributed by atoms with Gasteiger partial charge in [0.15, 0.2) is 0 Å². The molecule has 0 aliphatic carbocycles. The second-order valence-electron chi connectivity index (χ2n) is 1.62. The first-order valence-electron chi connectivity index (χ1n) is 3.34. The molecule has 4 heteroatoms. The molecular formula is C6H16AlCl2N. The Kier molecular flexibility index (Phi) is 28.6. The van der Waals surface area contributed by atoms with Gasteiger partial charge >= 0.3 is 25.4 Å². The van der Waals surface area contributed by atoms with Gasteiger partial charge in [-0.2, -0.15) is 0 Å². The summed E-state index contributed by atoms with van der Waals surface area (Å²) in [6.07, 6.45) is 0. The van der Waals surface area contributed by atoms with Crippen molar-refractivity contribution in [2.45, 2.75) is 20.8 Å². The van der Waals surface area contributed by atoms with Gasteiger partial charge in [-0.3, -0.25) is 0 Å². The maximum Gasteiger partial charge on any atom is -1.00 e.